The molecule has 5 nitrogen and oxygen atoms in total. The fourth-order valence-corrected chi connectivity index (χ4v) is 2.58. The van der Waals surface area contributed by atoms with E-state index in [0.29, 0.717) is 5.65 Å². The summed E-state index contributed by atoms with van der Waals surface area (Å²) in [5, 5.41) is 13.9. The number of aromatic carboxylic acids is 1. The van der Waals surface area contributed by atoms with Crippen LogP contribution in [0.2, 0.25) is 0 Å². The highest BCUT2D eigenvalue weighted by Gasteiger charge is 2.21. The van der Waals surface area contributed by atoms with Crippen molar-refractivity contribution in [3.63, 3.8) is 0 Å². The summed E-state index contributed by atoms with van der Waals surface area (Å²) in [7, 11) is 0. The summed E-state index contributed by atoms with van der Waals surface area (Å²) in [4.78, 5) is 15.6. The first-order chi connectivity index (χ1) is 10.5. The Morgan fingerprint density at radius 1 is 1.23 bits per heavy atom. The molecule has 2 aromatic heterocycles. The smallest absolute Gasteiger partial charge is 0.354 e. The van der Waals surface area contributed by atoms with Crippen LogP contribution < -0.4 is 0 Å². The quantitative estimate of drug-likeness (QED) is 0.802. The van der Waals surface area contributed by atoms with Gasteiger partial charge in [-0.05, 0) is 24.5 Å². The van der Waals surface area contributed by atoms with Crippen molar-refractivity contribution in [3.05, 3.63) is 53.5 Å². The number of carboxylic acid groups (broad SMARTS) is 1. The van der Waals surface area contributed by atoms with Crippen molar-refractivity contribution in [1.29, 1.82) is 0 Å². The summed E-state index contributed by atoms with van der Waals surface area (Å²) in [5.41, 5.74) is 4.21. The Hall–Kier alpha value is -2.69. The first-order valence-electron chi connectivity index (χ1n) is 7.18. The number of benzene rings is 1. The SMILES string of the molecule is Cc1cc(C(=O)O)nc2c(-c3ccccc3)c(C(C)C)nn12. The van der Waals surface area contributed by atoms with E-state index in [1.165, 1.54) is 0 Å². The van der Waals surface area contributed by atoms with Gasteiger partial charge in [-0.1, -0.05) is 44.2 Å². The van der Waals surface area contributed by atoms with Gasteiger partial charge in [0.25, 0.3) is 0 Å². The molecule has 0 bridgehead atoms. The van der Waals surface area contributed by atoms with Crippen molar-refractivity contribution in [3.8, 4) is 11.1 Å². The van der Waals surface area contributed by atoms with Crippen molar-refractivity contribution < 1.29 is 9.90 Å². The van der Waals surface area contributed by atoms with Crippen molar-refractivity contribution in [1.82, 2.24) is 14.6 Å². The average molecular weight is 295 g/mol. The molecular weight excluding hydrogens is 278 g/mol. The second-order valence-corrected chi connectivity index (χ2v) is 5.60. The molecule has 0 aliphatic rings. The van der Waals surface area contributed by atoms with Crippen LogP contribution in [0.5, 0.6) is 0 Å². The molecule has 0 radical (unpaired) electrons. The number of fused-ring (bicyclic) bond motifs is 1. The molecule has 0 spiro atoms. The lowest BCUT2D eigenvalue weighted by atomic mass is 9.99. The highest BCUT2D eigenvalue weighted by Crippen LogP contribution is 2.32. The van der Waals surface area contributed by atoms with E-state index in [1.54, 1.807) is 10.6 Å². The highest BCUT2D eigenvalue weighted by molar-refractivity contribution is 5.88. The van der Waals surface area contributed by atoms with Gasteiger partial charge in [0, 0.05) is 5.69 Å². The number of nitrogens with zero attached hydrogens (tertiary/aromatic N) is 3. The molecule has 0 saturated heterocycles. The number of rotatable bonds is 3. The monoisotopic (exact) mass is 295 g/mol. The van der Waals surface area contributed by atoms with Crippen LogP contribution in [-0.4, -0.2) is 25.7 Å². The first-order valence-corrected chi connectivity index (χ1v) is 7.18. The molecule has 0 unspecified atom stereocenters. The maximum absolute atomic E-state index is 11.3. The molecule has 3 rings (SSSR count). The molecule has 0 aliphatic carbocycles. The molecule has 0 atom stereocenters. The van der Waals surface area contributed by atoms with Crippen LogP contribution in [0.4, 0.5) is 0 Å². The van der Waals surface area contributed by atoms with Crippen LogP contribution in [0.15, 0.2) is 36.4 Å². The van der Waals surface area contributed by atoms with Gasteiger partial charge in [0.1, 0.15) is 0 Å². The number of aromatic nitrogens is 3. The number of aryl methyl sites for hydroxylation is 1. The lowest BCUT2D eigenvalue weighted by molar-refractivity contribution is 0.0690. The van der Waals surface area contributed by atoms with E-state index in [1.807, 2.05) is 37.3 Å². The predicted molar refractivity (Wildman–Crippen MR) is 84.2 cm³/mol. The zero-order valence-electron chi connectivity index (χ0n) is 12.7. The number of carbonyl (C=O) groups is 1. The zero-order valence-corrected chi connectivity index (χ0v) is 12.7. The Kier molecular flexibility index (Phi) is 3.41. The normalized spacial score (nSPS) is 11.3. The summed E-state index contributed by atoms with van der Waals surface area (Å²) in [5.74, 6) is -0.818. The fourth-order valence-electron chi connectivity index (χ4n) is 2.58. The minimum atomic E-state index is -1.03. The summed E-state index contributed by atoms with van der Waals surface area (Å²) in [6.45, 7) is 5.98. The summed E-state index contributed by atoms with van der Waals surface area (Å²) >= 11 is 0. The molecule has 1 aromatic carbocycles. The Balaban J connectivity index is 2.41. The third-order valence-corrected chi connectivity index (χ3v) is 3.62. The van der Waals surface area contributed by atoms with Gasteiger partial charge in [-0.3, -0.25) is 0 Å². The fraction of sp³-hybridized carbons (Fsp3) is 0.235. The molecule has 0 fully saturated rings. The van der Waals surface area contributed by atoms with Crippen LogP contribution in [0.3, 0.4) is 0 Å². The second kappa shape index (κ2) is 5.26. The molecule has 22 heavy (non-hydrogen) atoms. The van der Waals surface area contributed by atoms with Gasteiger partial charge in [-0.15, -0.1) is 0 Å². The Labute approximate surface area is 128 Å². The van der Waals surface area contributed by atoms with E-state index in [-0.39, 0.29) is 11.6 Å². The largest absolute Gasteiger partial charge is 0.477 e. The molecule has 3 aromatic rings. The molecule has 1 N–H and O–H groups in total. The Morgan fingerprint density at radius 2 is 1.91 bits per heavy atom. The van der Waals surface area contributed by atoms with Crippen molar-refractivity contribution in [2.24, 2.45) is 0 Å². The maximum atomic E-state index is 11.3. The Morgan fingerprint density at radius 3 is 2.50 bits per heavy atom. The molecule has 5 heteroatoms. The summed E-state index contributed by atoms with van der Waals surface area (Å²) in [6.07, 6.45) is 0. The predicted octanol–water partition coefficient (Wildman–Crippen LogP) is 3.53. The number of hydrogen-bond acceptors (Lipinski definition) is 3. The van der Waals surface area contributed by atoms with Crippen LogP contribution in [0.1, 0.15) is 41.6 Å². The van der Waals surface area contributed by atoms with Gasteiger partial charge in [-0.2, -0.15) is 5.10 Å². The van der Waals surface area contributed by atoms with Crippen LogP contribution in [0, 0.1) is 6.92 Å². The molecule has 112 valence electrons. The maximum Gasteiger partial charge on any atom is 0.354 e. The van der Waals surface area contributed by atoms with Gasteiger partial charge in [0.2, 0.25) is 0 Å². The van der Waals surface area contributed by atoms with E-state index in [9.17, 15) is 9.90 Å². The Bertz CT molecular complexity index is 851. The molecular formula is C17H17N3O2. The van der Waals surface area contributed by atoms with Crippen LogP contribution in [0.25, 0.3) is 16.8 Å². The third-order valence-electron chi connectivity index (χ3n) is 3.62. The summed E-state index contributed by atoms with van der Waals surface area (Å²) in [6, 6.07) is 11.4. The summed E-state index contributed by atoms with van der Waals surface area (Å²) < 4.78 is 1.73. The van der Waals surface area contributed by atoms with Crippen LogP contribution >= 0.6 is 0 Å². The number of hydrogen-bond donors (Lipinski definition) is 1. The standard InChI is InChI=1S/C17H17N3O2/c1-10(2)15-14(12-7-5-4-6-8-12)16-18-13(17(21)22)9-11(3)20(16)19-15/h4-10H,1-3H3,(H,21,22). The third kappa shape index (κ3) is 2.24. The van der Waals surface area contributed by atoms with Gasteiger partial charge in [0.15, 0.2) is 11.3 Å². The topological polar surface area (TPSA) is 67.5 Å². The van der Waals surface area contributed by atoms with Gasteiger partial charge >= 0.3 is 5.97 Å². The molecule has 2 heterocycles. The molecule has 0 amide bonds. The van der Waals surface area contributed by atoms with Crippen molar-refractivity contribution in [2.45, 2.75) is 26.7 Å². The zero-order chi connectivity index (χ0) is 15.9. The van der Waals surface area contributed by atoms with Gasteiger partial charge in [0.05, 0.1) is 11.3 Å². The average Bonchev–Trinajstić information content (AvgIpc) is 2.88. The van der Waals surface area contributed by atoms with E-state index in [2.05, 4.69) is 23.9 Å². The van der Waals surface area contributed by atoms with Gasteiger partial charge < -0.3 is 5.11 Å². The molecule has 0 aliphatic heterocycles. The second-order valence-electron chi connectivity index (χ2n) is 5.60. The number of carboxylic acids is 1. The van der Waals surface area contributed by atoms with Crippen molar-refractivity contribution in [2.75, 3.05) is 0 Å². The van der Waals surface area contributed by atoms with E-state index in [0.717, 1.165) is 22.5 Å². The van der Waals surface area contributed by atoms with E-state index in [4.69, 9.17) is 0 Å². The minimum absolute atomic E-state index is 0.0392. The van der Waals surface area contributed by atoms with Gasteiger partial charge in [-0.25, -0.2) is 14.3 Å². The highest BCUT2D eigenvalue weighted by atomic mass is 16.4. The lowest BCUT2D eigenvalue weighted by Crippen LogP contribution is -2.05. The van der Waals surface area contributed by atoms with E-state index >= 15 is 0 Å². The lowest BCUT2D eigenvalue weighted by Gasteiger charge is -2.05. The molecule has 0 saturated carbocycles. The first kappa shape index (κ1) is 14.3. The van der Waals surface area contributed by atoms with Crippen LogP contribution in [-0.2, 0) is 0 Å². The van der Waals surface area contributed by atoms with E-state index < -0.39 is 5.97 Å². The minimum Gasteiger partial charge on any atom is -0.477 e. The van der Waals surface area contributed by atoms with Crippen molar-refractivity contribution >= 4 is 11.6 Å².